The number of methoxy groups -OCH3 is 1. The largest absolute Gasteiger partial charge is 0.379 e. The van der Waals surface area contributed by atoms with E-state index in [2.05, 4.69) is 12.2 Å². The molecule has 0 saturated heterocycles. The van der Waals surface area contributed by atoms with Gasteiger partial charge in [0.1, 0.15) is 0 Å². The van der Waals surface area contributed by atoms with Crippen molar-refractivity contribution in [2.75, 3.05) is 33.4 Å². The molecule has 0 aliphatic heterocycles. The van der Waals surface area contributed by atoms with E-state index in [9.17, 15) is 0 Å². The van der Waals surface area contributed by atoms with Gasteiger partial charge in [-0.05, 0) is 13.5 Å². The van der Waals surface area contributed by atoms with Gasteiger partial charge in [0.15, 0.2) is 0 Å². The Morgan fingerprint density at radius 2 is 2.18 bits per heavy atom. The van der Waals surface area contributed by atoms with Gasteiger partial charge < -0.3 is 14.8 Å². The van der Waals surface area contributed by atoms with E-state index < -0.39 is 0 Å². The summed E-state index contributed by atoms with van der Waals surface area (Å²) >= 11 is 0. The van der Waals surface area contributed by atoms with E-state index in [1.165, 1.54) is 0 Å². The topological polar surface area (TPSA) is 30.5 Å². The zero-order chi connectivity index (χ0) is 8.53. The quantitative estimate of drug-likeness (QED) is 0.556. The zero-order valence-corrected chi connectivity index (χ0v) is 7.72. The van der Waals surface area contributed by atoms with Crippen molar-refractivity contribution in [3.05, 3.63) is 0 Å². The molecule has 0 rings (SSSR count). The van der Waals surface area contributed by atoms with E-state index in [1.54, 1.807) is 7.11 Å². The van der Waals surface area contributed by atoms with Gasteiger partial charge in [0.05, 0.1) is 19.3 Å². The molecule has 3 nitrogen and oxygen atoms in total. The van der Waals surface area contributed by atoms with Gasteiger partial charge in [-0.15, -0.1) is 0 Å². The van der Waals surface area contributed by atoms with Gasteiger partial charge in [-0.3, -0.25) is 0 Å². The fourth-order valence-electron chi connectivity index (χ4n) is 0.638. The third-order valence-corrected chi connectivity index (χ3v) is 1.43. The van der Waals surface area contributed by atoms with Crippen molar-refractivity contribution in [1.82, 2.24) is 5.32 Å². The molecule has 0 radical (unpaired) electrons. The van der Waals surface area contributed by atoms with Crippen LogP contribution in [0.25, 0.3) is 0 Å². The molecule has 0 bridgehead atoms. The van der Waals surface area contributed by atoms with Gasteiger partial charge in [0.2, 0.25) is 0 Å². The minimum Gasteiger partial charge on any atom is -0.379 e. The molecule has 3 heteroatoms. The summed E-state index contributed by atoms with van der Waals surface area (Å²) in [5.41, 5.74) is 0. The summed E-state index contributed by atoms with van der Waals surface area (Å²) in [6.45, 7) is 7.45. The molecule has 0 amide bonds. The van der Waals surface area contributed by atoms with Crippen LogP contribution in [0.15, 0.2) is 0 Å². The van der Waals surface area contributed by atoms with E-state index in [1.807, 2.05) is 6.92 Å². The summed E-state index contributed by atoms with van der Waals surface area (Å²) < 4.78 is 10.3. The van der Waals surface area contributed by atoms with E-state index in [0.717, 1.165) is 19.7 Å². The molecule has 0 aliphatic carbocycles. The van der Waals surface area contributed by atoms with Crippen LogP contribution in [0, 0.1) is 0 Å². The molecule has 11 heavy (non-hydrogen) atoms. The number of hydrogen-bond acceptors (Lipinski definition) is 3. The summed E-state index contributed by atoms with van der Waals surface area (Å²) in [5, 5.41) is 3.17. The highest BCUT2D eigenvalue weighted by Crippen LogP contribution is 1.87. The van der Waals surface area contributed by atoms with Crippen molar-refractivity contribution in [1.29, 1.82) is 0 Å². The van der Waals surface area contributed by atoms with Gasteiger partial charge >= 0.3 is 0 Å². The Morgan fingerprint density at radius 3 is 2.73 bits per heavy atom. The Labute approximate surface area is 69.1 Å². The average molecular weight is 161 g/mol. The van der Waals surface area contributed by atoms with E-state index >= 15 is 0 Å². The molecule has 0 aliphatic rings. The first kappa shape index (κ1) is 10.9. The molecule has 68 valence electrons. The SMILES string of the molecule is CCNCCOCC(C)OC. The number of likely N-dealkylation sites (N-methyl/N-ethyl adjacent to an activating group) is 1. The normalized spacial score (nSPS) is 13.4. The lowest BCUT2D eigenvalue weighted by Gasteiger charge is -2.09. The Balaban J connectivity index is 2.89. The molecule has 1 atom stereocenters. The van der Waals surface area contributed by atoms with Crippen molar-refractivity contribution >= 4 is 0 Å². The highest BCUT2D eigenvalue weighted by atomic mass is 16.5. The summed E-state index contributed by atoms with van der Waals surface area (Å²) in [6.07, 6.45) is 0.205. The van der Waals surface area contributed by atoms with Crippen LogP contribution in [-0.2, 0) is 9.47 Å². The van der Waals surface area contributed by atoms with Crippen LogP contribution in [0.5, 0.6) is 0 Å². The molecule has 0 spiro atoms. The van der Waals surface area contributed by atoms with Crippen molar-refractivity contribution in [2.45, 2.75) is 20.0 Å². The van der Waals surface area contributed by atoms with E-state index in [0.29, 0.717) is 6.61 Å². The number of rotatable bonds is 7. The zero-order valence-electron chi connectivity index (χ0n) is 7.72. The predicted molar refractivity (Wildman–Crippen MR) is 45.8 cm³/mol. The van der Waals surface area contributed by atoms with Crippen LogP contribution in [0.3, 0.4) is 0 Å². The highest BCUT2D eigenvalue weighted by molar-refractivity contribution is 4.46. The molecule has 0 heterocycles. The first-order valence-electron chi connectivity index (χ1n) is 4.12. The first-order chi connectivity index (χ1) is 5.31. The van der Waals surface area contributed by atoms with Gasteiger partial charge in [-0.1, -0.05) is 6.92 Å². The number of nitrogens with one attached hydrogen (secondary N) is 1. The molecule has 0 saturated carbocycles. The van der Waals surface area contributed by atoms with Gasteiger partial charge in [0, 0.05) is 13.7 Å². The lowest BCUT2D eigenvalue weighted by molar-refractivity contribution is 0.0198. The Bertz CT molecular complexity index is 78.5. The van der Waals surface area contributed by atoms with Crippen molar-refractivity contribution in [2.24, 2.45) is 0 Å². The van der Waals surface area contributed by atoms with Crippen molar-refractivity contribution < 1.29 is 9.47 Å². The number of ether oxygens (including phenoxy) is 2. The van der Waals surface area contributed by atoms with Crippen LogP contribution in [-0.4, -0.2) is 39.5 Å². The molecular weight excluding hydrogens is 142 g/mol. The molecular formula is C8H19NO2. The molecule has 0 fully saturated rings. The highest BCUT2D eigenvalue weighted by Gasteiger charge is 1.97. The van der Waals surface area contributed by atoms with Gasteiger partial charge in [-0.25, -0.2) is 0 Å². The monoisotopic (exact) mass is 161 g/mol. The minimum atomic E-state index is 0.205. The van der Waals surface area contributed by atoms with E-state index in [-0.39, 0.29) is 6.10 Å². The van der Waals surface area contributed by atoms with Crippen LogP contribution in [0.1, 0.15) is 13.8 Å². The molecule has 0 aromatic rings. The fourth-order valence-corrected chi connectivity index (χ4v) is 0.638. The Morgan fingerprint density at radius 1 is 1.45 bits per heavy atom. The van der Waals surface area contributed by atoms with Crippen molar-refractivity contribution in [3.8, 4) is 0 Å². The summed E-state index contributed by atoms with van der Waals surface area (Å²) in [6, 6.07) is 0. The summed E-state index contributed by atoms with van der Waals surface area (Å²) in [5.74, 6) is 0. The minimum absolute atomic E-state index is 0.205. The maximum Gasteiger partial charge on any atom is 0.0776 e. The maximum absolute atomic E-state index is 5.30. The molecule has 1 N–H and O–H groups in total. The second-order valence-corrected chi connectivity index (χ2v) is 2.47. The first-order valence-corrected chi connectivity index (χ1v) is 4.12. The van der Waals surface area contributed by atoms with Crippen LogP contribution in [0.2, 0.25) is 0 Å². The van der Waals surface area contributed by atoms with Gasteiger partial charge in [-0.2, -0.15) is 0 Å². The molecule has 0 aromatic carbocycles. The Hall–Kier alpha value is -0.120. The standard InChI is InChI=1S/C8H19NO2/c1-4-9-5-6-11-7-8(2)10-3/h8-9H,4-7H2,1-3H3. The van der Waals surface area contributed by atoms with Crippen molar-refractivity contribution in [3.63, 3.8) is 0 Å². The molecule has 0 aromatic heterocycles. The third kappa shape index (κ3) is 7.78. The number of hydrogen-bond donors (Lipinski definition) is 1. The summed E-state index contributed by atoms with van der Waals surface area (Å²) in [7, 11) is 1.69. The predicted octanol–water partition coefficient (Wildman–Crippen LogP) is 0.647. The second kappa shape index (κ2) is 7.98. The molecule has 1 unspecified atom stereocenters. The summed E-state index contributed by atoms with van der Waals surface area (Å²) in [4.78, 5) is 0. The lowest BCUT2D eigenvalue weighted by atomic mass is 10.4. The third-order valence-electron chi connectivity index (χ3n) is 1.43. The smallest absolute Gasteiger partial charge is 0.0776 e. The van der Waals surface area contributed by atoms with Crippen LogP contribution >= 0.6 is 0 Å². The fraction of sp³-hybridized carbons (Fsp3) is 1.00. The van der Waals surface area contributed by atoms with Crippen LogP contribution < -0.4 is 5.32 Å². The lowest BCUT2D eigenvalue weighted by Crippen LogP contribution is -2.22. The maximum atomic E-state index is 5.30. The van der Waals surface area contributed by atoms with Gasteiger partial charge in [0.25, 0.3) is 0 Å². The Kier molecular flexibility index (Phi) is 7.89. The van der Waals surface area contributed by atoms with E-state index in [4.69, 9.17) is 9.47 Å². The second-order valence-electron chi connectivity index (χ2n) is 2.47. The van der Waals surface area contributed by atoms with Crippen LogP contribution in [0.4, 0.5) is 0 Å². The average Bonchev–Trinajstić information content (AvgIpc) is 2.04.